The predicted molar refractivity (Wildman–Crippen MR) is 155 cm³/mol. The molecule has 3 aliphatic carbocycles. The van der Waals surface area contributed by atoms with Gasteiger partial charge in [0.15, 0.2) is 11.6 Å². The summed E-state index contributed by atoms with van der Waals surface area (Å²) in [5, 5.41) is 8.68. The fourth-order valence-electron chi connectivity index (χ4n) is 7.21. The number of nitrogens with one attached hydrogen (secondary N) is 3. The first-order valence-electron chi connectivity index (χ1n) is 14.2. The molecular weight excluding hydrogens is 590 g/mol. The van der Waals surface area contributed by atoms with Gasteiger partial charge in [-0.3, -0.25) is 4.79 Å². The molecule has 15 heteroatoms. The summed E-state index contributed by atoms with van der Waals surface area (Å²) in [6.45, 7) is 6.54. The Morgan fingerprint density at radius 3 is 2.35 bits per heavy atom. The van der Waals surface area contributed by atoms with Crippen LogP contribution in [0.2, 0.25) is 0 Å². The molecule has 10 nitrogen and oxygen atoms in total. The Bertz CT molecular complexity index is 1510. The Kier molecular flexibility index (Phi) is 7.81. The molecule has 1 aromatic carbocycles. The lowest BCUT2D eigenvalue weighted by Crippen LogP contribution is -2.69. The van der Waals surface area contributed by atoms with Crippen molar-refractivity contribution in [2.45, 2.75) is 45.3 Å². The number of halogens is 4. The summed E-state index contributed by atoms with van der Waals surface area (Å²) in [6, 6.07) is 3.68. The quantitative estimate of drug-likeness (QED) is 0.394. The molecule has 0 radical (unpaired) electrons. The van der Waals surface area contributed by atoms with Gasteiger partial charge < -0.3 is 20.9 Å². The number of hydrogen-bond donors (Lipinski definition) is 3. The molecule has 1 aromatic heterocycles. The molecule has 0 spiro atoms. The van der Waals surface area contributed by atoms with Crippen LogP contribution in [0.25, 0.3) is 0 Å². The zero-order valence-corrected chi connectivity index (χ0v) is 25.5. The van der Waals surface area contributed by atoms with E-state index in [9.17, 15) is 26.4 Å². The second-order valence-electron chi connectivity index (χ2n) is 12.5. The number of rotatable bonds is 7. The molecule has 4 fully saturated rings. The summed E-state index contributed by atoms with van der Waals surface area (Å²) in [5.74, 6) is -1.16. The molecule has 236 valence electrons. The third-order valence-electron chi connectivity index (χ3n) is 9.74. The lowest BCUT2D eigenvalue weighted by molar-refractivity contribution is -0.155. The number of hydrogen-bond acceptors (Lipinski definition) is 8. The standard InChI is InChI=1S/C28H37F4N7O3S/c1-26(2)16-12-19(24(40)33-4)27(3,22(26)13-16)37-23-20(29)15-34-25(36-23)35-17-6-7-21(18(14-17)28(30,31)32)38-8-10-39(11-9-38)43(5,41)42/h6-7,14-16,19,22H,8-13H2,1-5H3,(H,33,40)(H2,34,35,36,37)/t16-,19-,22-,27+/m1/s1. The minimum atomic E-state index is -4.70. The van der Waals surface area contributed by atoms with Gasteiger partial charge in [0, 0.05) is 44.6 Å². The highest BCUT2D eigenvalue weighted by molar-refractivity contribution is 7.88. The molecule has 43 heavy (non-hydrogen) atoms. The van der Waals surface area contributed by atoms with Gasteiger partial charge >= 0.3 is 6.18 Å². The number of carbonyl (C=O) groups excluding carboxylic acids is 1. The molecule has 3 N–H and O–H groups in total. The smallest absolute Gasteiger partial charge is 0.368 e. The number of sulfonamides is 1. The maximum atomic E-state index is 15.0. The molecule has 2 aromatic rings. The van der Waals surface area contributed by atoms with Crippen molar-refractivity contribution in [1.82, 2.24) is 19.6 Å². The monoisotopic (exact) mass is 627 g/mol. The molecule has 6 rings (SSSR count). The second-order valence-corrected chi connectivity index (χ2v) is 14.5. The predicted octanol–water partition coefficient (Wildman–Crippen LogP) is 4.06. The van der Waals surface area contributed by atoms with Crippen LogP contribution in [0.1, 0.15) is 39.2 Å². The van der Waals surface area contributed by atoms with E-state index in [1.54, 1.807) is 7.05 Å². The Hall–Kier alpha value is -3.20. The van der Waals surface area contributed by atoms with Gasteiger partial charge in [-0.05, 0) is 55.2 Å². The zero-order chi connectivity index (χ0) is 31.5. The Morgan fingerprint density at radius 2 is 1.77 bits per heavy atom. The summed E-state index contributed by atoms with van der Waals surface area (Å²) in [5.41, 5.74) is -1.82. The summed E-state index contributed by atoms with van der Waals surface area (Å²) >= 11 is 0. The minimum Gasteiger partial charge on any atom is -0.368 e. The third-order valence-corrected chi connectivity index (χ3v) is 11.0. The van der Waals surface area contributed by atoms with E-state index in [-0.39, 0.29) is 66.6 Å². The van der Waals surface area contributed by atoms with E-state index in [1.165, 1.54) is 21.3 Å². The van der Waals surface area contributed by atoms with Crippen LogP contribution < -0.4 is 20.9 Å². The van der Waals surface area contributed by atoms with Gasteiger partial charge in [-0.15, -0.1) is 0 Å². The van der Waals surface area contributed by atoms with Crippen molar-refractivity contribution in [3.05, 3.63) is 35.8 Å². The first kappa shape index (κ1) is 31.2. The fourth-order valence-corrected chi connectivity index (χ4v) is 8.04. The molecule has 1 aliphatic heterocycles. The summed E-state index contributed by atoms with van der Waals surface area (Å²) in [7, 11) is -1.87. The molecule has 0 unspecified atom stereocenters. The lowest BCUT2D eigenvalue weighted by Gasteiger charge is -2.66. The number of aromatic nitrogens is 2. The van der Waals surface area contributed by atoms with Crippen LogP contribution in [0.5, 0.6) is 0 Å². The molecule has 1 saturated heterocycles. The van der Waals surface area contributed by atoms with Crippen LogP contribution in [-0.2, 0) is 21.0 Å². The first-order valence-corrected chi connectivity index (χ1v) is 16.0. The zero-order valence-electron chi connectivity index (χ0n) is 24.7. The van der Waals surface area contributed by atoms with Gasteiger partial charge in [0.2, 0.25) is 21.9 Å². The number of nitrogens with zero attached hydrogens (tertiary/aromatic N) is 4. The van der Waals surface area contributed by atoms with Gasteiger partial charge in [0.05, 0.1) is 29.5 Å². The molecule has 4 aliphatic rings. The Balaban J connectivity index is 1.40. The number of anilines is 4. The van der Waals surface area contributed by atoms with Crippen molar-refractivity contribution in [2.75, 3.05) is 55.0 Å². The highest BCUT2D eigenvalue weighted by Gasteiger charge is 2.65. The van der Waals surface area contributed by atoms with E-state index in [0.29, 0.717) is 12.3 Å². The van der Waals surface area contributed by atoms with E-state index in [0.717, 1.165) is 24.9 Å². The van der Waals surface area contributed by atoms with Gasteiger partial charge in [0.25, 0.3) is 0 Å². The van der Waals surface area contributed by atoms with Crippen molar-refractivity contribution in [3.63, 3.8) is 0 Å². The summed E-state index contributed by atoms with van der Waals surface area (Å²) < 4.78 is 82.4. The van der Waals surface area contributed by atoms with Crippen molar-refractivity contribution in [2.24, 2.45) is 23.2 Å². The molecule has 2 heterocycles. The summed E-state index contributed by atoms with van der Waals surface area (Å²) in [6.07, 6.45) is -1.16. The molecule has 4 atom stereocenters. The molecule has 2 bridgehead atoms. The van der Waals surface area contributed by atoms with E-state index >= 15 is 4.39 Å². The molecular formula is C28H37F4N7O3S. The van der Waals surface area contributed by atoms with E-state index < -0.39 is 39.0 Å². The number of amides is 1. The van der Waals surface area contributed by atoms with Crippen LogP contribution in [0, 0.1) is 29.0 Å². The highest BCUT2D eigenvalue weighted by Crippen LogP contribution is 2.65. The average Bonchev–Trinajstić information content (AvgIpc) is 2.93. The third kappa shape index (κ3) is 5.73. The van der Waals surface area contributed by atoms with Crippen molar-refractivity contribution in [3.8, 4) is 0 Å². The second kappa shape index (κ2) is 10.8. The minimum absolute atomic E-state index is 0.0403. The number of benzene rings is 1. The first-order chi connectivity index (χ1) is 19.9. The van der Waals surface area contributed by atoms with Crippen LogP contribution in [-0.4, -0.2) is 73.6 Å². The maximum Gasteiger partial charge on any atom is 0.418 e. The van der Waals surface area contributed by atoms with Crippen LogP contribution >= 0.6 is 0 Å². The Morgan fingerprint density at radius 1 is 1.09 bits per heavy atom. The SMILES string of the molecule is CNC(=O)[C@H]1C[C@@H]2C[C@H](C2(C)C)[C@@]1(C)Nc1nc(Nc2ccc(N3CCN(S(C)(=O)=O)CC3)c(C(F)(F)F)c2)ncc1F. The van der Waals surface area contributed by atoms with Gasteiger partial charge in [0.1, 0.15) is 0 Å². The van der Waals surface area contributed by atoms with E-state index in [2.05, 4.69) is 39.8 Å². The maximum absolute atomic E-state index is 15.0. The van der Waals surface area contributed by atoms with Gasteiger partial charge in [-0.2, -0.15) is 22.5 Å². The van der Waals surface area contributed by atoms with Crippen molar-refractivity contribution >= 4 is 39.1 Å². The number of fused-ring (bicyclic) bond motifs is 2. The largest absolute Gasteiger partial charge is 0.418 e. The number of alkyl halides is 3. The normalized spacial score (nSPS) is 27.3. The fraction of sp³-hybridized carbons (Fsp3) is 0.607. The Labute approximate surface area is 248 Å². The lowest BCUT2D eigenvalue weighted by atomic mass is 9.40. The van der Waals surface area contributed by atoms with Crippen molar-refractivity contribution < 1.29 is 30.8 Å². The van der Waals surface area contributed by atoms with Crippen LogP contribution in [0.3, 0.4) is 0 Å². The number of carbonyl (C=O) groups is 1. The van der Waals surface area contributed by atoms with E-state index in [1.807, 2.05) is 6.92 Å². The van der Waals surface area contributed by atoms with Crippen LogP contribution in [0.15, 0.2) is 24.4 Å². The highest BCUT2D eigenvalue weighted by atomic mass is 32.2. The summed E-state index contributed by atoms with van der Waals surface area (Å²) in [4.78, 5) is 22.6. The topological polar surface area (TPSA) is 120 Å². The van der Waals surface area contributed by atoms with Gasteiger partial charge in [-0.25, -0.2) is 17.8 Å². The average molecular weight is 628 g/mol. The van der Waals surface area contributed by atoms with Gasteiger partial charge in [-0.1, -0.05) is 13.8 Å². The van der Waals surface area contributed by atoms with Crippen LogP contribution in [0.4, 0.5) is 40.7 Å². The molecule has 1 amide bonds. The van der Waals surface area contributed by atoms with Crippen molar-refractivity contribution in [1.29, 1.82) is 0 Å². The molecule has 3 saturated carbocycles. The number of piperazine rings is 1. The van der Waals surface area contributed by atoms with E-state index in [4.69, 9.17) is 0 Å².